The smallest absolute Gasteiger partial charge is 0.492 e. The fourth-order valence-corrected chi connectivity index (χ4v) is 1.54. The second kappa shape index (κ2) is 4.39. The van der Waals surface area contributed by atoms with E-state index in [-0.39, 0.29) is 0 Å². The van der Waals surface area contributed by atoms with Gasteiger partial charge in [0.2, 0.25) is 5.76 Å². The van der Waals surface area contributed by atoms with Gasteiger partial charge >= 0.3 is 14.8 Å². The van der Waals surface area contributed by atoms with Gasteiger partial charge in [-0.1, -0.05) is 0 Å². The lowest BCUT2D eigenvalue weighted by Crippen LogP contribution is -2.41. The number of carbonyl (C=O) groups excluding carboxylic acids is 1. The fraction of sp³-hybridized carbons (Fsp3) is 0.571. The lowest BCUT2D eigenvalue weighted by atomic mass is 10.2. The van der Waals surface area contributed by atoms with Crippen molar-refractivity contribution in [3.63, 3.8) is 0 Å². The van der Waals surface area contributed by atoms with Gasteiger partial charge in [-0.05, 0) is 0 Å². The van der Waals surface area contributed by atoms with Gasteiger partial charge in [-0.15, -0.1) is 0 Å². The molecule has 9 heteroatoms. The van der Waals surface area contributed by atoms with E-state index >= 15 is 0 Å². The van der Waals surface area contributed by atoms with Gasteiger partial charge in [0.25, 0.3) is 0 Å². The zero-order chi connectivity index (χ0) is 12.5. The van der Waals surface area contributed by atoms with E-state index in [1.165, 1.54) is 0 Å². The molecular weight excluding hydrogens is 240 g/mol. The summed E-state index contributed by atoms with van der Waals surface area (Å²) in [6.07, 6.45) is -2.96. The number of hydrogen-bond donors (Lipinski definition) is 5. The Morgan fingerprint density at radius 3 is 2.44 bits per heavy atom. The molecule has 2 atom stereocenters. The van der Waals surface area contributed by atoms with Gasteiger partial charge in [-0.3, -0.25) is 0 Å². The number of cyclic esters (lactones) is 1. The molecule has 0 aromatic rings. The molecule has 8 nitrogen and oxygen atoms in total. The molecule has 16 heavy (non-hydrogen) atoms. The van der Waals surface area contributed by atoms with E-state index in [1.54, 1.807) is 0 Å². The Bertz CT molecular complexity index is 319. The third kappa shape index (κ3) is 2.93. The molecule has 0 saturated heterocycles. The van der Waals surface area contributed by atoms with E-state index in [4.69, 9.17) is 14.7 Å². The van der Waals surface area contributed by atoms with E-state index in [9.17, 15) is 15.0 Å². The molecule has 1 heterocycles. The Morgan fingerprint density at radius 1 is 1.50 bits per heavy atom. The van der Waals surface area contributed by atoms with Crippen LogP contribution in [0, 0.1) is 0 Å². The molecule has 0 aromatic heterocycles. The number of ether oxygens (including phenoxy) is 1. The van der Waals surface area contributed by atoms with Crippen molar-refractivity contribution < 1.29 is 38.9 Å². The van der Waals surface area contributed by atoms with Gasteiger partial charge in [0, 0.05) is 6.55 Å². The van der Waals surface area contributed by atoms with Gasteiger partial charge in [-0.25, -0.2) is 4.79 Å². The zero-order valence-corrected chi connectivity index (χ0v) is 9.32. The number of carbonyl (C=O) groups is 1. The van der Waals surface area contributed by atoms with Crippen LogP contribution >= 0.6 is 0 Å². The van der Waals surface area contributed by atoms with E-state index in [2.05, 4.69) is 9.16 Å². The highest BCUT2D eigenvalue weighted by atomic mass is 28.4. The molecule has 0 aromatic carbocycles. The maximum Gasteiger partial charge on any atom is 0.492 e. The van der Waals surface area contributed by atoms with Gasteiger partial charge in [0.1, 0.15) is 6.10 Å². The van der Waals surface area contributed by atoms with Crippen LogP contribution in [0.1, 0.15) is 0 Å². The van der Waals surface area contributed by atoms with Crippen LogP contribution < -0.4 is 0 Å². The van der Waals surface area contributed by atoms with Crippen molar-refractivity contribution in [3.8, 4) is 0 Å². The summed E-state index contributed by atoms with van der Waals surface area (Å²) in [4.78, 5) is 28.6. The van der Waals surface area contributed by atoms with Crippen molar-refractivity contribution in [2.24, 2.45) is 0 Å². The Morgan fingerprint density at radius 2 is 2.06 bits per heavy atom. The first-order valence-corrected chi connectivity index (χ1v) is 6.62. The average Bonchev–Trinajstić information content (AvgIpc) is 2.41. The normalized spacial score (nSPS) is 23.5. The largest absolute Gasteiger partial charge is 0.505 e. The van der Waals surface area contributed by atoms with Crippen LogP contribution in [0.15, 0.2) is 11.5 Å². The van der Waals surface area contributed by atoms with Gasteiger partial charge in [0.05, 0.1) is 6.61 Å². The number of rotatable bonds is 4. The highest BCUT2D eigenvalue weighted by Crippen LogP contribution is 2.21. The SMILES string of the molecule is C[Si](O)(O)OC[C@H](O)[C@H]1OC(=O)C(O)=C1O. The predicted octanol–water partition coefficient (Wildman–Crippen LogP) is -1.83. The third-order valence-electron chi connectivity index (χ3n) is 1.82. The molecule has 1 aliphatic heterocycles. The highest BCUT2D eigenvalue weighted by Gasteiger charge is 2.40. The van der Waals surface area contributed by atoms with Crippen LogP contribution in [0.25, 0.3) is 0 Å². The Hall–Kier alpha value is -1.13. The molecule has 1 aliphatic rings. The standard InChI is InChI=1S/C7H12O8Si/c1-16(12,13)14-2-3(8)6-4(9)5(10)7(11)15-6/h3,6,8-10,12-13H,2H2,1H3/t3-,6+/m0/s1. The van der Waals surface area contributed by atoms with Crippen LogP contribution in [0.4, 0.5) is 0 Å². The zero-order valence-electron chi connectivity index (χ0n) is 8.32. The van der Waals surface area contributed by atoms with Gasteiger partial charge < -0.3 is 34.1 Å². The molecule has 0 fully saturated rings. The minimum atomic E-state index is -3.79. The van der Waals surface area contributed by atoms with E-state index in [0.29, 0.717) is 0 Å². The summed E-state index contributed by atoms with van der Waals surface area (Å²) < 4.78 is 8.94. The molecule has 0 unspecified atom stereocenters. The minimum absolute atomic E-state index is 0.551. The molecule has 0 amide bonds. The second-order valence-electron chi connectivity index (χ2n) is 3.37. The first-order valence-electron chi connectivity index (χ1n) is 4.32. The quantitative estimate of drug-likeness (QED) is 0.291. The summed E-state index contributed by atoms with van der Waals surface area (Å²) in [5, 5.41) is 27.5. The topological polar surface area (TPSA) is 137 Å². The summed E-state index contributed by atoms with van der Waals surface area (Å²) in [6, 6.07) is 0. The molecule has 0 radical (unpaired) electrons. The first-order chi connectivity index (χ1) is 7.22. The highest BCUT2D eigenvalue weighted by molar-refractivity contribution is 6.56. The van der Waals surface area contributed by atoms with Crippen molar-refractivity contribution in [2.75, 3.05) is 6.61 Å². The maximum atomic E-state index is 10.8. The average molecular weight is 252 g/mol. The molecule has 0 bridgehead atoms. The third-order valence-corrected chi connectivity index (χ3v) is 2.53. The molecule has 5 N–H and O–H groups in total. The van der Waals surface area contributed by atoms with Gasteiger partial charge in [0.15, 0.2) is 11.9 Å². The van der Waals surface area contributed by atoms with Crippen LogP contribution in [0.5, 0.6) is 0 Å². The Kier molecular flexibility index (Phi) is 3.55. The van der Waals surface area contributed by atoms with E-state index in [0.717, 1.165) is 6.55 Å². The number of aliphatic hydroxyl groups is 3. The van der Waals surface area contributed by atoms with Crippen LogP contribution in [0.2, 0.25) is 6.55 Å². The summed E-state index contributed by atoms with van der Waals surface area (Å²) >= 11 is 0. The number of hydrogen-bond acceptors (Lipinski definition) is 8. The summed E-state index contributed by atoms with van der Waals surface area (Å²) in [6.45, 7) is 0.499. The monoisotopic (exact) mass is 252 g/mol. The Balaban J connectivity index is 2.57. The van der Waals surface area contributed by atoms with Crippen molar-refractivity contribution in [1.29, 1.82) is 0 Å². The molecule has 0 aliphatic carbocycles. The van der Waals surface area contributed by atoms with Crippen molar-refractivity contribution in [2.45, 2.75) is 18.8 Å². The fourth-order valence-electron chi connectivity index (χ4n) is 1.06. The lowest BCUT2D eigenvalue weighted by molar-refractivity contribution is -0.147. The molecule has 0 spiro atoms. The van der Waals surface area contributed by atoms with E-state index in [1.807, 2.05) is 0 Å². The van der Waals surface area contributed by atoms with Crippen LogP contribution in [-0.2, 0) is 14.0 Å². The lowest BCUT2D eigenvalue weighted by Gasteiger charge is -2.20. The number of esters is 1. The summed E-state index contributed by atoms with van der Waals surface area (Å²) in [7, 11) is -3.79. The molecular formula is C7H12O8Si. The van der Waals surface area contributed by atoms with Crippen molar-refractivity contribution >= 4 is 14.8 Å². The van der Waals surface area contributed by atoms with Crippen LogP contribution in [-0.4, -0.2) is 58.5 Å². The second-order valence-corrected chi connectivity index (χ2v) is 5.53. The van der Waals surface area contributed by atoms with Crippen molar-refractivity contribution in [1.82, 2.24) is 0 Å². The number of aliphatic hydroxyl groups excluding tert-OH is 3. The first kappa shape index (κ1) is 12.9. The molecule has 1 rings (SSSR count). The summed E-state index contributed by atoms with van der Waals surface area (Å²) in [5.41, 5.74) is 0. The maximum absolute atomic E-state index is 10.8. The minimum Gasteiger partial charge on any atom is -0.505 e. The van der Waals surface area contributed by atoms with Crippen LogP contribution in [0.3, 0.4) is 0 Å². The van der Waals surface area contributed by atoms with E-state index < -0.39 is 45.1 Å². The summed E-state index contributed by atoms with van der Waals surface area (Å²) in [5.74, 6) is -2.94. The van der Waals surface area contributed by atoms with Crippen molar-refractivity contribution in [3.05, 3.63) is 11.5 Å². The molecule has 92 valence electrons. The molecule has 0 saturated carbocycles. The van der Waals surface area contributed by atoms with Gasteiger partial charge in [-0.2, -0.15) is 0 Å². The predicted molar refractivity (Wildman–Crippen MR) is 50.2 cm³/mol. The Labute approximate surface area is 91.3 Å².